The highest BCUT2D eigenvalue weighted by Crippen LogP contribution is 2.13. The second-order valence-corrected chi connectivity index (χ2v) is 4.30. The zero-order valence-electron chi connectivity index (χ0n) is 12.5. The maximum absolute atomic E-state index is 9.66. The van der Waals surface area contributed by atoms with Crippen LogP contribution < -0.4 is 16.1 Å². The molecule has 8 nitrogen and oxygen atoms in total. The zero-order chi connectivity index (χ0) is 15.8. The van der Waals surface area contributed by atoms with Crippen LogP contribution in [0, 0.1) is 0 Å². The predicted octanol–water partition coefficient (Wildman–Crippen LogP) is 1.89. The van der Waals surface area contributed by atoms with Crippen molar-refractivity contribution in [3.63, 3.8) is 0 Å². The Bertz CT molecular complexity index is 621. The van der Waals surface area contributed by atoms with Gasteiger partial charge >= 0.3 is 0 Å². The Balaban J connectivity index is 2.12. The Morgan fingerprint density at radius 3 is 2.18 bits per heavy atom. The molecule has 0 aliphatic heterocycles. The number of para-hydroxylation sites is 1. The van der Waals surface area contributed by atoms with Crippen molar-refractivity contribution in [2.75, 3.05) is 29.1 Å². The maximum Gasteiger partial charge on any atom is 0.250 e. The molecule has 116 valence electrons. The molecule has 1 aromatic heterocycles. The number of rotatable bonds is 7. The lowest BCUT2D eigenvalue weighted by atomic mass is 10.2. The van der Waals surface area contributed by atoms with Crippen LogP contribution in [0.25, 0.3) is 0 Å². The largest absolute Gasteiger partial charge is 0.507 e. The molecular weight excluding hydrogens is 282 g/mol. The van der Waals surface area contributed by atoms with Crippen molar-refractivity contribution in [2.24, 2.45) is 5.10 Å². The first kappa shape index (κ1) is 15.5. The summed E-state index contributed by atoms with van der Waals surface area (Å²) in [7, 11) is 0. The van der Waals surface area contributed by atoms with Crippen molar-refractivity contribution in [1.82, 2.24) is 15.0 Å². The van der Waals surface area contributed by atoms with Gasteiger partial charge in [-0.3, -0.25) is 0 Å². The summed E-state index contributed by atoms with van der Waals surface area (Å²) in [6, 6.07) is 6.91. The third kappa shape index (κ3) is 4.30. The lowest BCUT2D eigenvalue weighted by Crippen LogP contribution is -2.10. The number of phenols is 1. The molecule has 8 heteroatoms. The van der Waals surface area contributed by atoms with Crippen LogP contribution in [-0.4, -0.2) is 39.4 Å². The highest BCUT2D eigenvalue weighted by atomic mass is 16.3. The van der Waals surface area contributed by atoms with Crippen molar-refractivity contribution in [3.05, 3.63) is 29.8 Å². The molecule has 0 spiro atoms. The molecule has 0 radical (unpaired) electrons. The van der Waals surface area contributed by atoms with Gasteiger partial charge in [-0.2, -0.15) is 20.1 Å². The number of hydrogen-bond acceptors (Lipinski definition) is 8. The lowest BCUT2D eigenvalue weighted by molar-refractivity contribution is 0.474. The molecule has 0 saturated heterocycles. The summed E-state index contributed by atoms with van der Waals surface area (Å²) in [6.07, 6.45) is 1.50. The van der Waals surface area contributed by atoms with Gasteiger partial charge < -0.3 is 15.7 Å². The van der Waals surface area contributed by atoms with Crippen LogP contribution in [0.15, 0.2) is 29.4 Å². The van der Waals surface area contributed by atoms with Crippen LogP contribution in [0.2, 0.25) is 0 Å². The van der Waals surface area contributed by atoms with Gasteiger partial charge in [0, 0.05) is 18.7 Å². The van der Waals surface area contributed by atoms with Gasteiger partial charge in [-0.1, -0.05) is 12.1 Å². The first-order chi connectivity index (χ1) is 10.7. The monoisotopic (exact) mass is 301 g/mol. The van der Waals surface area contributed by atoms with Gasteiger partial charge in [0.15, 0.2) is 0 Å². The van der Waals surface area contributed by atoms with Gasteiger partial charge in [-0.05, 0) is 26.0 Å². The van der Waals surface area contributed by atoms with Gasteiger partial charge in [0.1, 0.15) is 5.75 Å². The fourth-order valence-electron chi connectivity index (χ4n) is 1.66. The van der Waals surface area contributed by atoms with E-state index in [9.17, 15) is 5.11 Å². The minimum absolute atomic E-state index is 0.158. The quantitative estimate of drug-likeness (QED) is 0.457. The minimum atomic E-state index is 0.158. The van der Waals surface area contributed by atoms with Crippen LogP contribution in [-0.2, 0) is 0 Å². The summed E-state index contributed by atoms with van der Waals surface area (Å²) in [5.74, 6) is 1.40. The maximum atomic E-state index is 9.66. The van der Waals surface area contributed by atoms with E-state index < -0.39 is 0 Å². The molecule has 2 aromatic rings. The molecule has 1 heterocycles. The topological polar surface area (TPSA) is 107 Å². The van der Waals surface area contributed by atoms with E-state index in [-0.39, 0.29) is 5.75 Å². The number of aromatic hydroxyl groups is 1. The van der Waals surface area contributed by atoms with Crippen molar-refractivity contribution in [1.29, 1.82) is 0 Å². The number of hydrazone groups is 1. The van der Waals surface area contributed by atoms with E-state index >= 15 is 0 Å². The van der Waals surface area contributed by atoms with E-state index in [2.05, 4.69) is 36.1 Å². The van der Waals surface area contributed by atoms with Crippen molar-refractivity contribution >= 4 is 24.1 Å². The first-order valence-corrected chi connectivity index (χ1v) is 7.03. The van der Waals surface area contributed by atoms with Gasteiger partial charge in [0.25, 0.3) is 0 Å². The summed E-state index contributed by atoms with van der Waals surface area (Å²) < 4.78 is 0. The molecule has 0 bridgehead atoms. The Hall–Kier alpha value is -2.90. The van der Waals surface area contributed by atoms with Crippen molar-refractivity contribution in [2.45, 2.75) is 13.8 Å². The van der Waals surface area contributed by atoms with E-state index in [1.54, 1.807) is 18.2 Å². The highest BCUT2D eigenvalue weighted by Gasteiger charge is 2.04. The smallest absolute Gasteiger partial charge is 0.250 e. The summed E-state index contributed by atoms with van der Waals surface area (Å²) in [4.78, 5) is 12.6. The summed E-state index contributed by atoms with van der Waals surface area (Å²) in [5, 5.41) is 19.7. The molecule has 4 N–H and O–H groups in total. The molecular formula is C14H19N7O. The number of hydrogen-bond donors (Lipinski definition) is 4. The molecule has 2 rings (SSSR count). The number of benzene rings is 1. The van der Waals surface area contributed by atoms with Gasteiger partial charge in [-0.15, -0.1) is 0 Å². The van der Waals surface area contributed by atoms with Crippen LogP contribution >= 0.6 is 0 Å². The summed E-state index contributed by atoms with van der Waals surface area (Å²) in [6.45, 7) is 5.33. The van der Waals surface area contributed by atoms with Gasteiger partial charge in [0.05, 0.1) is 6.21 Å². The second kappa shape index (κ2) is 7.77. The summed E-state index contributed by atoms with van der Waals surface area (Å²) in [5.41, 5.74) is 3.33. The molecule has 0 unspecified atom stereocenters. The Morgan fingerprint density at radius 2 is 1.59 bits per heavy atom. The molecule has 0 atom stereocenters. The second-order valence-electron chi connectivity index (χ2n) is 4.30. The predicted molar refractivity (Wildman–Crippen MR) is 87.5 cm³/mol. The SMILES string of the molecule is CCNc1nc(NCC)nc(N/N=C/c2ccccc2O)n1. The van der Waals surface area contributed by atoms with E-state index in [0.717, 1.165) is 0 Å². The number of phenolic OH excluding ortho intramolecular Hbond substituents is 1. The van der Waals surface area contributed by atoms with E-state index in [1.807, 2.05) is 19.9 Å². The molecule has 0 fully saturated rings. The van der Waals surface area contributed by atoms with Gasteiger partial charge in [0.2, 0.25) is 17.8 Å². The van der Waals surface area contributed by atoms with E-state index in [0.29, 0.717) is 36.5 Å². The fourth-order valence-corrected chi connectivity index (χ4v) is 1.66. The molecule has 0 amide bonds. The van der Waals surface area contributed by atoms with E-state index in [4.69, 9.17) is 0 Å². The highest BCUT2D eigenvalue weighted by molar-refractivity contribution is 5.83. The number of anilines is 3. The average molecular weight is 301 g/mol. The molecule has 0 saturated carbocycles. The van der Waals surface area contributed by atoms with Crippen molar-refractivity contribution < 1.29 is 5.11 Å². The third-order valence-electron chi connectivity index (χ3n) is 2.61. The van der Waals surface area contributed by atoms with Crippen LogP contribution in [0.4, 0.5) is 17.8 Å². The molecule has 22 heavy (non-hydrogen) atoms. The van der Waals surface area contributed by atoms with Crippen LogP contribution in [0.5, 0.6) is 5.75 Å². The minimum Gasteiger partial charge on any atom is -0.507 e. The summed E-state index contributed by atoms with van der Waals surface area (Å²) >= 11 is 0. The average Bonchev–Trinajstić information content (AvgIpc) is 2.50. The number of aromatic nitrogens is 3. The molecule has 0 aliphatic rings. The Morgan fingerprint density at radius 1 is 1.00 bits per heavy atom. The zero-order valence-corrected chi connectivity index (χ0v) is 12.5. The molecule has 0 aliphatic carbocycles. The lowest BCUT2D eigenvalue weighted by Gasteiger charge is -2.07. The number of nitrogens with one attached hydrogen (secondary N) is 3. The Kier molecular flexibility index (Phi) is 5.47. The standard InChI is InChI=1S/C14H19N7O/c1-3-15-12-18-13(16-4-2)20-14(19-12)21-17-9-10-7-5-6-8-11(10)22/h5-9,22H,3-4H2,1-2H3,(H3,15,16,18,19,20,21)/b17-9+. The fraction of sp³-hybridized carbons (Fsp3) is 0.286. The van der Waals surface area contributed by atoms with Gasteiger partial charge in [-0.25, -0.2) is 5.43 Å². The number of nitrogens with zero attached hydrogens (tertiary/aromatic N) is 4. The normalized spacial score (nSPS) is 10.6. The van der Waals surface area contributed by atoms with Crippen LogP contribution in [0.3, 0.4) is 0 Å². The Labute approximate surface area is 128 Å². The van der Waals surface area contributed by atoms with Crippen LogP contribution in [0.1, 0.15) is 19.4 Å². The van der Waals surface area contributed by atoms with Crippen molar-refractivity contribution in [3.8, 4) is 5.75 Å². The van der Waals surface area contributed by atoms with E-state index in [1.165, 1.54) is 6.21 Å². The molecule has 1 aromatic carbocycles. The third-order valence-corrected chi connectivity index (χ3v) is 2.61. The first-order valence-electron chi connectivity index (χ1n) is 7.03.